The summed E-state index contributed by atoms with van der Waals surface area (Å²) in [6.07, 6.45) is 4.35. The van der Waals surface area contributed by atoms with Crippen LogP contribution >= 0.6 is 0 Å². The SMILES string of the molecule is COc1nn(C)cc1C(=O)NCCn1ncc2c(=O)n(Cc3cccc([N+](=O)[O-])c3)cnc21. The summed E-state index contributed by atoms with van der Waals surface area (Å²) in [7, 11) is 3.12. The van der Waals surface area contributed by atoms with Gasteiger partial charge in [-0.05, 0) is 5.56 Å². The van der Waals surface area contributed by atoms with Crippen LogP contribution < -0.4 is 15.6 Å². The van der Waals surface area contributed by atoms with Gasteiger partial charge in [-0.2, -0.15) is 5.10 Å². The van der Waals surface area contributed by atoms with Gasteiger partial charge in [0.2, 0.25) is 5.88 Å². The molecule has 0 aliphatic heterocycles. The van der Waals surface area contributed by atoms with Gasteiger partial charge < -0.3 is 10.1 Å². The minimum absolute atomic E-state index is 0.0478. The predicted molar refractivity (Wildman–Crippen MR) is 116 cm³/mol. The molecule has 13 nitrogen and oxygen atoms in total. The molecule has 0 spiro atoms. The van der Waals surface area contributed by atoms with Crippen LogP contribution in [0.1, 0.15) is 15.9 Å². The minimum Gasteiger partial charge on any atom is -0.479 e. The molecular formula is C20H20N8O5. The van der Waals surface area contributed by atoms with Gasteiger partial charge in [-0.25, -0.2) is 9.67 Å². The molecule has 0 aliphatic rings. The molecule has 1 amide bonds. The highest BCUT2D eigenvalue weighted by Crippen LogP contribution is 2.15. The van der Waals surface area contributed by atoms with Crippen LogP contribution in [-0.2, 0) is 20.1 Å². The summed E-state index contributed by atoms with van der Waals surface area (Å²) in [5.41, 5.74) is 0.930. The van der Waals surface area contributed by atoms with Crippen molar-refractivity contribution in [3.05, 3.63) is 74.6 Å². The first-order valence-corrected chi connectivity index (χ1v) is 9.87. The zero-order valence-electron chi connectivity index (χ0n) is 17.8. The van der Waals surface area contributed by atoms with Crippen molar-refractivity contribution < 1.29 is 14.5 Å². The number of carbonyl (C=O) groups excluding carboxylic acids is 1. The number of ether oxygens (including phenoxy) is 1. The number of carbonyl (C=O) groups is 1. The van der Waals surface area contributed by atoms with Crippen LogP contribution in [0.2, 0.25) is 0 Å². The minimum atomic E-state index is -0.485. The summed E-state index contributed by atoms with van der Waals surface area (Å²) in [5, 5.41) is 22.3. The van der Waals surface area contributed by atoms with Crippen molar-refractivity contribution in [1.29, 1.82) is 0 Å². The summed E-state index contributed by atoms with van der Waals surface area (Å²) in [6.45, 7) is 0.670. The maximum absolute atomic E-state index is 12.8. The first-order valence-electron chi connectivity index (χ1n) is 9.87. The molecule has 13 heteroatoms. The van der Waals surface area contributed by atoms with Gasteiger partial charge in [0, 0.05) is 31.9 Å². The Kier molecular flexibility index (Phi) is 5.85. The van der Waals surface area contributed by atoms with Gasteiger partial charge in [0.15, 0.2) is 5.65 Å². The van der Waals surface area contributed by atoms with Gasteiger partial charge in [0.05, 0.1) is 31.3 Å². The number of nitro benzene ring substituents is 1. The summed E-state index contributed by atoms with van der Waals surface area (Å²) in [6, 6.07) is 6.08. The Bertz CT molecular complexity index is 1400. The van der Waals surface area contributed by atoms with E-state index in [4.69, 9.17) is 4.74 Å². The number of amides is 1. The van der Waals surface area contributed by atoms with E-state index in [2.05, 4.69) is 20.5 Å². The summed E-state index contributed by atoms with van der Waals surface area (Å²) in [5.74, 6) is -0.116. The van der Waals surface area contributed by atoms with Gasteiger partial charge in [-0.1, -0.05) is 12.1 Å². The number of non-ortho nitro benzene ring substituents is 1. The number of rotatable bonds is 8. The molecular weight excluding hydrogens is 432 g/mol. The van der Waals surface area contributed by atoms with Crippen molar-refractivity contribution in [2.45, 2.75) is 13.1 Å². The van der Waals surface area contributed by atoms with E-state index in [1.807, 2.05) is 0 Å². The number of benzene rings is 1. The Morgan fingerprint density at radius 3 is 2.91 bits per heavy atom. The molecule has 33 heavy (non-hydrogen) atoms. The molecule has 0 aliphatic carbocycles. The molecule has 170 valence electrons. The third-order valence-electron chi connectivity index (χ3n) is 4.94. The number of hydrogen-bond acceptors (Lipinski definition) is 8. The lowest BCUT2D eigenvalue weighted by Crippen LogP contribution is -2.28. The second-order valence-electron chi connectivity index (χ2n) is 7.19. The van der Waals surface area contributed by atoms with Crippen LogP contribution in [0.5, 0.6) is 5.88 Å². The molecule has 1 N–H and O–H groups in total. The second kappa shape index (κ2) is 8.90. The smallest absolute Gasteiger partial charge is 0.269 e. The van der Waals surface area contributed by atoms with E-state index >= 15 is 0 Å². The first kappa shape index (κ1) is 21.7. The predicted octanol–water partition coefficient (Wildman–Crippen LogP) is 0.722. The van der Waals surface area contributed by atoms with Crippen LogP contribution in [0.4, 0.5) is 5.69 Å². The van der Waals surface area contributed by atoms with Crippen molar-refractivity contribution in [3.63, 3.8) is 0 Å². The quantitative estimate of drug-likeness (QED) is 0.303. The average Bonchev–Trinajstić information content (AvgIpc) is 3.39. The number of aryl methyl sites for hydroxylation is 1. The van der Waals surface area contributed by atoms with Crippen LogP contribution in [0.3, 0.4) is 0 Å². The van der Waals surface area contributed by atoms with Gasteiger partial charge in [0.25, 0.3) is 17.2 Å². The fourth-order valence-corrected chi connectivity index (χ4v) is 3.38. The zero-order chi connectivity index (χ0) is 23.5. The molecule has 0 fully saturated rings. The lowest BCUT2D eigenvalue weighted by atomic mass is 10.2. The van der Waals surface area contributed by atoms with E-state index in [0.717, 1.165) is 0 Å². The van der Waals surface area contributed by atoms with Crippen molar-refractivity contribution in [2.24, 2.45) is 7.05 Å². The van der Waals surface area contributed by atoms with E-state index in [0.29, 0.717) is 28.7 Å². The van der Waals surface area contributed by atoms with Crippen LogP contribution in [-0.4, -0.2) is 53.6 Å². The molecule has 0 radical (unpaired) electrons. The number of aromatic nitrogens is 6. The normalized spacial score (nSPS) is 11.0. The number of methoxy groups -OCH3 is 1. The van der Waals surface area contributed by atoms with E-state index in [1.54, 1.807) is 25.4 Å². The van der Waals surface area contributed by atoms with E-state index in [9.17, 15) is 19.7 Å². The summed E-state index contributed by atoms with van der Waals surface area (Å²) < 4.78 is 9.46. The summed E-state index contributed by atoms with van der Waals surface area (Å²) in [4.78, 5) is 40.0. The Morgan fingerprint density at radius 1 is 1.33 bits per heavy atom. The highest BCUT2D eigenvalue weighted by atomic mass is 16.6. The maximum Gasteiger partial charge on any atom is 0.269 e. The van der Waals surface area contributed by atoms with E-state index in [-0.39, 0.29) is 36.1 Å². The Balaban J connectivity index is 1.47. The molecule has 0 saturated heterocycles. The van der Waals surface area contributed by atoms with Crippen LogP contribution in [0.15, 0.2) is 47.8 Å². The number of nitrogens with zero attached hydrogens (tertiary/aromatic N) is 7. The maximum atomic E-state index is 12.8. The zero-order valence-corrected chi connectivity index (χ0v) is 17.8. The number of nitro groups is 1. The standard InChI is InChI=1S/C20H20N8O5/c1-25-11-16(19(24-25)33-2)18(29)21-6-7-27-17-15(9-23-27)20(30)26(12-22-17)10-13-4-3-5-14(8-13)28(31)32/h3-5,8-9,11-12H,6-7,10H2,1-2H3,(H,21,29). The lowest BCUT2D eigenvalue weighted by molar-refractivity contribution is -0.384. The van der Waals surface area contributed by atoms with Gasteiger partial charge in [-0.15, -0.1) is 5.10 Å². The number of fused-ring (bicyclic) bond motifs is 1. The van der Waals surface area contributed by atoms with Gasteiger partial charge in [-0.3, -0.25) is 29.0 Å². The van der Waals surface area contributed by atoms with Crippen molar-refractivity contribution in [2.75, 3.05) is 13.7 Å². The van der Waals surface area contributed by atoms with Crippen LogP contribution in [0.25, 0.3) is 11.0 Å². The van der Waals surface area contributed by atoms with E-state index in [1.165, 1.54) is 45.7 Å². The average molecular weight is 452 g/mol. The molecule has 3 aromatic heterocycles. The lowest BCUT2D eigenvalue weighted by Gasteiger charge is -2.07. The molecule has 4 rings (SSSR count). The Hall–Kier alpha value is -4.55. The molecule has 0 atom stereocenters. The Labute approximate surface area is 186 Å². The monoisotopic (exact) mass is 452 g/mol. The molecule has 3 heterocycles. The fourth-order valence-electron chi connectivity index (χ4n) is 3.38. The van der Waals surface area contributed by atoms with Crippen molar-refractivity contribution in [1.82, 2.24) is 34.4 Å². The highest BCUT2D eigenvalue weighted by molar-refractivity contribution is 5.96. The third kappa shape index (κ3) is 4.42. The molecule has 0 unspecified atom stereocenters. The Morgan fingerprint density at radius 2 is 2.15 bits per heavy atom. The van der Waals surface area contributed by atoms with Crippen molar-refractivity contribution >= 4 is 22.6 Å². The summed E-state index contributed by atoms with van der Waals surface area (Å²) >= 11 is 0. The topological polar surface area (TPSA) is 152 Å². The van der Waals surface area contributed by atoms with Gasteiger partial charge >= 0.3 is 0 Å². The molecule has 4 aromatic rings. The van der Waals surface area contributed by atoms with Gasteiger partial charge in [0.1, 0.15) is 17.3 Å². The molecule has 1 aromatic carbocycles. The first-order chi connectivity index (χ1) is 15.9. The number of hydrogen-bond donors (Lipinski definition) is 1. The second-order valence-corrected chi connectivity index (χ2v) is 7.19. The third-order valence-corrected chi connectivity index (χ3v) is 4.94. The molecule has 0 saturated carbocycles. The largest absolute Gasteiger partial charge is 0.479 e. The number of nitrogens with one attached hydrogen (secondary N) is 1. The fraction of sp³-hybridized carbons (Fsp3) is 0.250. The highest BCUT2D eigenvalue weighted by Gasteiger charge is 2.16. The van der Waals surface area contributed by atoms with Crippen LogP contribution in [0, 0.1) is 10.1 Å². The molecule has 0 bridgehead atoms. The van der Waals surface area contributed by atoms with E-state index < -0.39 is 4.92 Å². The van der Waals surface area contributed by atoms with Crippen molar-refractivity contribution in [3.8, 4) is 5.88 Å².